The Morgan fingerprint density at radius 3 is 2.61 bits per heavy atom. The summed E-state index contributed by atoms with van der Waals surface area (Å²) in [4.78, 5) is 20.4. The molecule has 0 atom stereocenters. The maximum absolute atomic E-state index is 13.2. The predicted molar refractivity (Wildman–Crippen MR) is 82.9 cm³/mol. The van der Waals surface area contributed by atoms with E-state index in [1.165, 1.54) is 12.1 Å². The molecule has 6 nitrogen and oxygen atoms in total. The summed E-state index contributed by atoms with van der Waals surface area (Å²) in [6.07, 6.45) is 0. The zero-order chi connectivity index (χ0) is 16.4. The monoisotopic (exact) mass is 318 g/mol. The van der Waals surface area contributed by atoms with Gasteiger partial charge < -0.3 is 14.3 Å². The van der Waals surface area contributed by atoms with E-state index in [0.717, 1.165) is 0 Å². The summed E-state index contributed by atoms with van der Waals surface area (Å²) in [5.41, 5.74) is 0.373. The van der Waals surface area contributed by atoms with Gasteiger partial charge in [0.15, 0.2) is 5.82 Å². The van der Waals surface area contributed by atoms with Crippen LogP contribution < -0.4 is 4.90 Å². The lowest BCUT2D eigenvalue weighted by Gasteiger charge is -2.33. The van der Waals surface area contributed by atoms with Crippen molar-refractivity contribution in [1.82, 2.24) is 15.0 Å². The zero-order valence-electron chi connectivity index (χ0n) is 13.2. The molecule has 1 fully saturated rings. The number of halogens is 1. The molecule has 0 radical (unpaired) electrons. The fourth-order valence-corrected chi connectivity index (χ4v) is 2.49. The second-order valence-electron chi connectivity index (χ2n) is 5.88. The molecule has 0 saturated carbocycles. The summed E-state index contributed by atoms with van der Waals surface area (Å²) >= 11 is 0. The Balaban J connectivity index is 1.62. The molecule has 1 saturated heterocycles. The van der Waals surface area contributed by atoms with Crippen LogP contribution in [0.1, 0.15) is 35.9 Å². The lowest BCUT2D eigenvalue weighted by molar-refractivity contribution is 0.0744. The van der Waals surface area contributed by atoms with Gasteiger partial charge >= 0.3 is 6.01 Å². The van der Waals surface area contributed by atoms with Gasteiger partial charge in [-0.2, -0.15) is 4.98 Å². The van der Waals surface area contributed by atoms with Gasteiger partial charge in [0.2, 0.25) is 0 Å². The highest BCUT2D eigenvalue weighted by Crippen LogP contribution is 2.18. The van der Waals surface area contributed by atoms with Crippen molar-refractivity contribution in [3.05, 3.63) is 41.5 Å². The number of carbonyl (C=O) groups is 1. The number of nitrogens with zero attached hydrogens (tertiary/aromatic N) is 4. The molecule has 7 heteroatoms. The molecule has 0 aliphatic carbocycles. The molecular weight excluding hydrogens is 299 g/mol. The number of benzene rings is 1. The van der Waals surface area contributed by atoms with Crippen molar-refractivity contribution in [2.45, 2.75) is 19.8 Å². The van der Waals surface area contributed by atoms with Crippen molar-refractivity contribution in [3.8, 4) is 0 Å². The SMILES string of the molecule is CC(C)c1noc(N2CCN(C(=O)c3cccc(F)c3)CC2)n1. The first-order chi connectivity index (χ1) is 11.0. The van der Waals surface area contributed by atoms with E-state index in [9.17, 15) is 9.18 Å². The van der Waals surface area contributed by atoms with E-state index in [2.05, 4.69) is 10.1 Å². The summed E-state index contributed by atoms with van der Waals surface area (Å²) in [7, 11) is 0. The third kappa shape index (κ3) is 3.33. The fraction of sp³-hybridized carbons (Fsp3) is 0.438. The van der Waals surface area contributed by atoms with E-state index in [1.54, 1.807) is 17.0 Å². The number of amides is 1. The van der Waals surface area contributed by atoms with Crippen LogP contribution in [0.25, 0.3) is 0 Å². The number of hydrogen-bond acceptors (Lipinski definition) is 5. The highest BCUT2D eigenvalue weighted by molar-refractivity contribution is 5.94. The van der Waals surface area contributed by atoms with E-state index < -0.39 is 5.82 Å². The van der Waals surface area contributed by atoms with E-state index in [0.29, 0.717) is 43.6 Å². The van der Waals surface area contributed by atoms with Crippen LogP contribution in [0.5, 0.6) is 0 Å². The number of aromatic nitrogens is 2. The standard InChI is InChI=1S/C16H19FN4O2/c1-11(2)14-18-16(23-19-14)21-8-6-20(7-9-21)15(22)12-4-3-5-13(17)10-12/h3-5,10-11H,6-9H2,1-2H3. The van der Waals surface area contributed by atoms with Crippen LogP contribution in [0.15, 0.2) is 28.8 Å². The molecule has 23 heavy (non-hydrogen) atoms. The average Bonchev–Trinajstić information content (AvgIpc) is 3.04. The van der Waals surface area contributed by atoms with Crippen molar-refractivity contribution < 1.29 is 13.7 Å². The first kappa shape index (κ1) is 15.5. The molecule has 0 bridgehead atoms. The quantitative estimate of drug-likeness (QED) is 0.869. The second kappa shape index (κ2) is 6.36. The van der Waals surface area contributed by atoms with Gasteiger partial charge in [0.25, 0.3) is 5.91 Å². The lowest BCUT2D eigenvalue weighted by atomic mass is 10.2. The molecule has 1 amide bonds. The van der Waals surface area contributed by atoms with Crippen LogP contribution in [0.4, 0.5) is 10.4 Å². The van der Waals surface area contributed by atoms with Crippen LogP contribution in [-0.4, -0.2) is 47.1 Å². The summed E-state index contributed by atoms with van der Waals surface area (Å²) in [5.74, 6) is 0.334. The minimum Gasteiger partial charge on any atom is -0.335 e. The summed E-state index contributed by atoms with van der Waals surface area (Å²) in [6.45, 7) is 6.31. The van der Waals surface area contributed by atoms with Gasteiger partial charge in [-0.3, -0.25) is 4.79 Å². The molecule has 0 spiro atoms. The van der Waals surface area contributed by atoms with Crippen molar-refractivity contribution in [1.29, 1.82) is 0 Å². The number of carbonyl (C=O) groups excluding carboxylic acids is 1. The van der Waals surface area contributed by atoms with Gasteiger partial charge in [-0.15, -0.1) is 0 Å². The summed E-state index contributed by atoms with van der Waals surface area (Å²) in [6, 6.07) is 6.26. The van der Waals surface area contributed by atoms with E-state index >= 15 is 0 Å². The van der Waals surface area contributed by atoms with Crippen LogP contribution >= 0.6 is 0 Å². The lowest BCUT2D eigenvalue weighted by Crippen LogP contribution is -2.49. The Morgan fingerprint density at radius 2 is 2.00 bits per heavy atom. The molecule has 1 aliphatic heterocycles. The van der Waals surface area contributed by atoms with Gasteiger partial charge in [0, 0.05) is 37.7 Å². The van der Waals surface area contributed by atoms with Gasteiger partial charge in [-0.05, 0) is 18.2 Å². The minimum atomic E-state index is -0.401. The third-order valence-corrected chi connectivity index (χ3v) is 3.86. The first-order valence-corrected chi connectivity index (χ1v) is 7.68. The Labute approximate surface area is 133 Å². The Kier molecular flexibility index (Phi) is 4.27. The molecule has 0 N–H and O–H groups in total. The number of piperazine rings is 1. The maximum atomic E-state index is 13.2. The topological polar surface area (TPSA) is 62.5 Å². The molecule has 122 valence electrons. The number of anilines is 1. The largest absolute Gasteiger partial charge is 0.335 e. The second-order valence-corrected chi connectivity index (χ2v) is 5.88. The fourth-order valence-electron chi connectivity index (χ4n) is 2.49. The van der Waals surface area contributed by atoms with Crippen molar-refractivity contribution in [2.75, 3.05) is 31.1 Å². The Bertz CT molecular complexity index is 693. The molecule has 1 aliphatic rings. The van der Waals surface area contributed by atoms with Gasteiger partial charge in [-0.1, -0.05) is 25.1 Å². The molecule has 2 aromatic rings. The Morgan fingerprint density at radius 1 is 1.26 bits per heavy atom. The van der Waals surface area contributed by atoms with Gasteiger partial charge in [0.05, 0.1) is 0 Å². The summed E-state index contributed by atoms with van der Waals surface area (Å²) < 4.78 is 18.5. The molecule has 3 rings (SSSR count). The zero-order valence-corrected chi connectivity index (χ0v) is 13.2. The van der Waals surface area contributed by atoms with E-state index in [1.807, 2.05) is 18.7 Å². The van der Waals surface area contributed by atoms with Gasteiger partial charge in [-0.25, -0.2) is 4.39 Å². The van der Waals surface area contributed by atoms with Gasteiger partial charge in [0.1, 0.15) is 5.82 Å². The average molecular weight is 318 g/mol. The van der Waals surface area contributed by atoms with Crippen molar-refractivity contribution in [3.63, 3.8) is 0 Å². The molecular formula is C16H19FN4O2. The van der Waals surface area contributed by atoms with Crippen LogP contribution in [0, 0.1) is 5.82 Å². The van der Waals surface area contributed by atoms with E-state index in [4.69, 9.17) is 4.52 Å². The van der Waals surface area contributed by atoms with Crippen LogP contribution in [-0.2, 0) is 0 Å². The normalized spacial score (nSPS) is 15.3. The minimum absolute atomic E-state index is 0.155. The molecule has 1 aromatic carbocycles. The van der Waals surface area contributed by atoms with E-state index in [-0.39, 0.29) is 11.8 Å². The highest BCUT2D eigenvalue weighted by atomic mass is 19.1. The predicted octanol–water partition coefficient (Wildman–Crippen LogP) is 2.29. The number of hydrogen-bond donors (Lipinski definition) is 0. The van der Waals surface area contributed by atoms with Crippen LogP contribution in [0.2, 0.25) is 0 Å². The summed E-state index contributed by atoms with van der Waals surface area (Å²) in [5, 5.41) is 3.95. The number of rotatable bonds is 3. The third-order valence-electron chi connectivity index (χ3n) is 3.86. The van der Waals surface area contributed by atoms with Crippen molar-refractivity contribution in [2.24, 2.45) is 0 Å². The van der Waals surface area contributed by atoms with Crippen LogP contribution in [0.3, 0.4) is 0 Å². The maximum Gasteiger partial charge on any atom is 0.324 e. The molecule has 0 unspecified atom stereocenters. The molecule has 1 aromatic heterocycles. The molecule has 2 heterocycles. The highest BCUT2D eigenvalue weighted by Gasteiger charge is 2.25. The van der Waals surface area contributed by atoms with Crippen molar-refractivity contribution >= 4 is 11.9 Å². The first-order valence-electron chi connectivity index (χ1n) is 7.68. The smallest absolute Gasteiger partial charge is 0.324 e. The Hall–Kier alpha value is -2.44.